The van der Waals surface area contributed by atoms with Gasteiger partial charge in [-0.1, -0.05) is 72.8 Å². The zero-order chi connectivity index (χ0) is 33.3. The third kappa shape index (κ3) is 8.04. The van der Waals surface area contributed by atoms with Gasteiger partial charge < -0.3 is 20.1 Å². The van der Waals surface area contributed by atoms with Crippen LogP contribution in [0.25, 0.3) is 11.1 Å². The first-order valence-electron chi connectivity index (χ1n) is 15.2. The first kappa shape index (κ1) is 32.4. The SMILES string of the molecule is O=C(Nc1ccccc1Oc1ccc(-c2ccc(Oc3ccccc3NC(=O)c3ccc(CCl)cc3)cc2)cc1)c1ccc(CCl)cc1. The highest BCUT2D eigenvalue weighted by atomic mass is 35.5. The fourth-order valence-corrected chi connectivity index (χ4v) is 5.24. The molecule has 0 aromatic heterocycles. The smallest absolute Gasteiger partial charge is 0.255 e. The number of anilines is 2. The van der Waals surface area contributed by atoms with Crippen LogP contribution >= 0.6 is 23.2 Å². The molecule has 0 bridgehead atoms. The van der Waals surface area contributed by atoms with Gasteiger partial charge in [0.15, 0.2) is 11.5 Å². The van der Waals surface area contributed by atoms with Crippen LogP contribution in [0.3, 0.4) is 0 Å². The number of ether oxygens (including phenoxy) is 2. The molecule has 238 valence electrons. The van der Waals surface area contributed by atoms with Crippen molar-refractivity contribution >= 4 is 46.4 Å². The van der Waals surface area contributed by atoms with Crippen molar-refractivity contribution in [1.29, 1.82) is 0 Å². The highest BCUT2D eigenvalue weighted by molar-refractivity contribution is 6.17. The molecule has 0 heterocycles. The standard InChI is InChI=1S/C40H30Cl2N2O4/c41-25-27-9-13-31(14-10-27)39(45)43-35-5-1-3-7-37(35)47-33-21-17-29(18-22-33)30-19-23-34(24-20-30)48-38-8-4-2-6-36(38)44-40(46)32-15-11-28(26-42)12-16-32/h1-24H,25-26H2,(H,43,45)(H,44,46). The number of carbonyl (C=O) groups is 2. The van der Waals surface area contributed by atoms with Crippen LogP contribution in [0.5, 0.6) is 23.0 Å². The lowest BCUT2D eigenvalue weighted by Crippen LogP contribution is -2.12. The van der Waals surface area contributed by atoms with Crippen molar-refractivity contribution in [2.45, 2.75) is 11.8 Å². The van der Waals surface area contributed by atoms with Crippen LogP contribution in [-0.2, 0) is 11.8 Å². The van der Waals surface area contributed by atoms with Crippen molar-refractivity contribution in [3.8, 4) is 34.1 Å². The van der Waals surface area contributed by atoms with Gasteiger partial charge in [-0.3, -0.25) is 9.59 Å². The minimum absolute atomic E-state index is 0.239. The van der Waals surface area contributed by atoms with E-state index in [4.69, 9.17) is 32.7 Å². The van der Waals surface area contributed by atoms with E-state index in [-0.39, 0.29) is 11.8 Å². The predicted molar refractivity (Wildman–Crippen MR) is 193 cm³/mol. The summed E-state index contributed by atoms with van der Waals surface area (Å²) in [5.74, 6) is 2.61. The topological polar surface area (TPSA) is 76.7 Å². The summed E-state index contributed by atoms with van der Waals surface area (Å²) in [6.07, 6.45) is 0. The second kappa shape index (κ2) is 15.4. The van der Waals surface area contributed by atoms with Gasteiger partial charge >= 0.3 is 0 Å². The molecule has 0 saturated heterocycles. The summed E-state index contributed by atoms with van der Waals surface area (Å²) >= 11 is 11.7. The summed E-state index contributed by atoms with van der Waals surface area (Å²) < 4.78 is 12.3. The molecule has 2 amide bonds. The van der Waals surface area contributed by atoms with E-state index in [1.807, 2.05) is 109 Å². The number of alkyl halides is 2. The van der Waals surface area contributed by atoms with Crippen LogP contribution in [0.15, 0.2) is 146 Å². The molecule has 0 aliphatic rings. The molecule has 0 aliphatic carbocycles. The van der Waals surface area contributed by atoms with Gasteiger partial charge in [0.25, 0.3) is 11.8 Å². The molecule has 0 unspecified atom stereocenters. The summed E-state index contributed by atoms with van der Waals surface area (Å²) in [6, 6.07) is 44.3. The first-order valence-corrected chi connectivity index (χ1v) is 16.2. The molecule has 2 N–H and O–H groups in total. The molecular formula is C40H30Cl2N2O4. The summed E-state index contributed by atoms with van der Waals surface area (Å²) in [5.41, 5.74) is 6.04. The third-order valence-electron chi connectivity index (χ3n) is 7.51. The zero-order valence-electron chi connectivity index (χ0n) is 25.7. The molecule has 0 aliphatic heterocycles. The van der Waals surface area contributed by atoms with Crippen molar-refractivity contribution in [3.05, 3.63) is 168 Å². The molecule has 48 heavy (non-hydrogen) atoms. The van der Waals surface area contributed by atoms with E-state index in [2.05, 4.69) is 10.6 Å². The van der Waals surface area contributed by atoms with Crippen molar-refractivity contribution in [1.82, 2.24) is 0 Å². The Labute approximate surface area is 288 Å². The van der Waals surface area contributed by atoms with Crippen molar-refractivity contribution < 1.29 is 19.1 Å². The molecule has 0 radical (unpaired) electrons. The predicted octanol–water partition coefficient (Wildman–Crippen LogP) is 10.9. The molecule has 0 spiro atoms. The molecule has 0 fully saturated rings. The van der Waals surface area contributed by atoms with E-state index in [9.17, 15) is 9.59 Å². The Morgan fingerprint density at radius 2 is 0.812 bits per heavy atom. The lowest BCUT2D eigenvalue weighted by atomic mass is 10.1. The first-order chi connectivity index (χ1) is 23.5. The molecule has 6 aromatic rings. The number of amides is 2. The van der Waals surface area contributed by atoms with E-state index >= 15 is 0 Å². The van der Waals surface area contributed by atoms with Crippen molar-refractivity contribution in [3.63, 3.8) is 0 Å². The number of nitrogens with one attached hydrogen (secondary N) is 2. The fraction of sp³-hybridized carbons (Fsp3) is 0.0500. The average molecular weight is 674 g/mol. The monoisotopic (exact) mass is 672 g/mol. The van der Waals surface area contributed by atoms with Crippen LogP contribution in [-0.4, -0.2) is 11.8 Å². The van der Waals surface area contributed by atoms with Crippen molar-refractivity contribution in [2.24, 2.45) is 0 Å². The van der Waals surface area contributed by atoms with Gasteiger partial charge in [0.2, 0.25) is 0 Å². The molecule has 6 nitrogen and oxygen atoms in total. The Morgan fingerprint density at radius 1 is 0.458 bits per heavy atom. The maximum Gasteiger partial charge on any atom is 0.255 e. The summed E-state index contributed by atoms with van der Waals surface area (Å²) in [7, 11) is 0. The van der Waals surface area contributed by atoms with E-state index in [0.717, 1.165) is 22.3 Å². The van der Waals surface area contributed by atoms with Crippen molar-refractivity contribution in [2.75, 3.05) is 10.6 Å². The lowest BCUT2D eigenvalue weighted by molar-refractivity contribution is 0.101. The highest BCUT2D eigenvalue weighted by Crippen LogP contribution is 2.33. The van der Waals surface area contributed by atoms with E-state index in [0.29, 0.717) is 57.3 Å². The number of rotatable bonds is 11. The Hall–Kier alpha value is -5.56. The fourth-order valence-electron chi connectivity index (χ4n) is 4.88. The minimum atomic E-state index is -0.239. The van der Waals surface area contributed by atoms with Gasteiger partial charge in [0.05, 0.1) is 11.4 Å². The summed E-state index contributed by atoms with van der Waals surface area (Å²) in [4.78, 5) is 25.7. The van der Waals surface area contributed by atoms with Gasteiger partial charge in [-0.25, -0.2) is 0 Å². The number of hydrogen-bond acceptors (Lipinski definition) is 4. The van der Waals surface area contributed by atoms with Crippen LogP contribution in [0.2, 0.25) is 0 Å². The molecule has 0 saturated carbocycles. The molecule has 8 heteroatoms. The van der Waals surface area contributed by atoms with Crippen LogP contribution in [0, 0.1) is 0 Å². The number of carbonyl (C=O) groups excluding carboxylic acids is 2. The lowest BCUT2D eigenvalue weighted by Gasteiger charge is -2.14. The Bertz CT molecular complexity index is 1860. The Kier molecular flexibility index (Phi) is 10.4. The largest absolute Gasteiger partial charge is 0.455 e. The van der Waals surface area contributed by atoms with Gasteiger partial charge in [-0.15, -0.1) is 23.2 Å². The maximum atomic E-state index is 12.8. The second-order valence-corrected chi connectivity index (χ2v) is 11.3. The van der Waals surface area contributed by atoms with Crippen LogP contribution in [0.1, 0.15) is 31.8 Å². The molecule has 0 atom stereocenters. The summed E-state index contributed by atoms with van der Waals surface area (Å²) in [5, 5.41) is 5.87. The quantitative estimate of drug-likeness (QED) is 0.134. The Balaban J connectivity index is 1.09. The van der Waals surface area contributed by atoms with Gasteiger partial charge in [0.1, 0.15) is 11.5 Å². The number of hydrogen-bond donors (Lipinski definition) is 2. The van der Waals surface area contributed by atoms with E-state index in [1.54, 1.807) is 36.4 Å². The zero-order valence-corrected chi connectivity index (χ0v) is 27.2. The Morgan fingerprint density at radius 3 is 1.17 bits per heavy atom. The molecule has 6 rings (SSSR count). The van der Waals surface area contributed by atoms with Gasteiger partial charge in [0, 0.05) is 22.9 Å². The molecule has 6 aromatic carbocycles. The van der Waals surface area contributed by atoms with E-state index < -0.39 is 0 Å². The third-order valence-corrected chi connectivity index (χ3v) is 8.13. The average Bonchev–Trinajstić information content (AvgIpc) is 3.14. The van der Waals surface area contributed by atoms with Crippen LogP contribution in [0.4, 0.5) is 11.4 Å². The minimum Gasteiger partial charge on any atom is -0.455 e. The number of halogens is 2. The number of para-hydroxylation sites is 4. The van der Waals surface area contributed by atoms with E-state index in [1.165, 1.54) is 0 Å². The van der Waals surface area contributed by atoms with Crippen LogP contribution < -0.4 is 20.1 Å². The number of benzene rings is 6. The normalized spacial score (nSPS) is 10.6. The summed E-state index contributed by atoms with van der Waals surface area (Å²) in [6.45, 7) is 0. The van der Waals surface area contributed by atoms with Gasteiger partial charge in [-0.05, 0) is 95.1 Å². The maximum absolute atomic E-state index is 12.8. The highest BCUT2D eigenvalue weighted by Gasteiger charge is 2.13. The second-order valence-electron chi connectivity index (χ2n) is 10.8. The molecular weight excluding hydrogens is 643 g/mol. The van der Waals surface area contributed by atoms with Gasteiger partial charge in [-0.2, -0.15) is 0 Å².